The molecule has 8 nitrogen and oxygen atoms in total. The molecule has 0 aliphatic carbocycles. The molecule has 1 unspecified atom stereocenters. The smallest absolute Gasteiger partial charge is 0.412 e. The molecule has 1 amide bonds. The number of nitrogens with one attached hydrogen (secondary N) is 1. The van der Waals surface area contributed by atoms with E-state index in [1.165, 1.54) is 5.32 Å². The highest BCUT2D eigenvalue weighted by Gasteiger charge is 2.67. The lowest BCUT2D eigenvalue weighted by atomic mass is 10.2. The quantitative estimate of drug-likeness (QED) is 0.188. The molecule has 0 saturated heterocycles. The van der Waals surface area contributed by atoms with Gasteiger partial charge >= 0.3 is 45.4 Å². The maximum Gasteiger partial charge on any atom is 0.466 e. The van der Waals surface area contributed by atoms with Crippen LogP contribution in [-0.4, -0.2) is 61.9 Å². The number of hydrogen-bond acceptors (Lipinski definition) is 6. The fourth-order valence-corrected chi connectivity index (χ4v) is 1.67. The molecule has 0 rings (SSSR count). The summed E-state index contributed by atoms with van der Waals surface area (Å²) in [5, 5.41) is -3.80. The van der Waals surface area contributed by atoms with Crippen LogP contribution < -0.4 is 5.32 Å². The van der Waals surface area contributed by atoms with Gasteiger partial charge in [0.25, 0.3) is 0 Å². The lowest BCUT2D eigenvalue weighted by Crippen LogP contribution is -2.61. The van der Waals surface area contributed by atoms with Crippen LogP contribution in [0.3, 0.4) is 0 Å². The molecule has 0 aromatic carbocycles. The van der Waals surface area contributed by atoms with Crippen molar-refractivity contribution in [2.24, 2.45) is 0 Å². The van der Waals surface area contributed by atoms with Gasteiger partial charge in [0.05, 0.1) is 13.0 Å². The molecule has 28 heavy (non-hydrogen) atoms. The molecule has 0 aromatic heterocycles. The van der Waals surface area contributed by atoms with E-state index in [9.17, 15) is 53.1 Å². The first-order chi connectivity index (χ1) is 12.2. The first kappa shape index (κ1) is 26.0. The minimum absolute atomic E-state index is 0.505. The first-order valence-electron chi connectivity index (χ1n) is 6.50. The molecule has 17 heteroatoms. The number of amides is 1. The number of esters is 1. The molecule has 0 saturated carbocycles. The van der Waals surface area contributed by atoms with Gasteiger partial charge in [0.15, 0.2) is 0 Å². The van der Waals surface area contributed by atoms with Gasteiger partial charge in [-0.2, -0.15) is 43.5 Å². The summed E-state index contributed by atoms with van der Waals surface area (Å²) in [5.41, 5.74) is -2.49. The Bertz CT molecular complexity index is 730. The van der Waals surface area contributed by atoms with Crippen molar-refractivity contribution in [3.05, 3.63) is 12.2 Å². The Hall–Kier alpha value is -2.01. The predicted octanol–water partition coefficient (Wildman–Crippen LogP) is 1.54. The molecule has 0 radical (unpaired) electrons. The van der Waals surface area contributed by atoms with E-state index >= 15 is 0 Å². The van der Waals surface area contributed by atoms with Gasteiger partial charge in [0, 0.05) is 7.05 Å². The molecule has 0 fully saturated rings. The highest BCUT2D eigenvalue weighted by Crippen LogP contribution is 2.38. The zero-order valence-corrected chi connectivity index (χ0v) is 14.3. The van der Waals surface area contributed by atoms with Crippen molar-refractivity contribution in [2.45, 2.75) is 29.8 Å². The van der Waals surface area contributed by atoms with E-state index in [0.29, 0.717) is 7.05 Å². The third-order valence-electron chi connectivity index (χ3n) is 2.80. The van der Waals surface area contributed by atoms with Crippen molar-refractivity contribution in [1.29, 1.82) is 0 Å². The summed E-state index contributed by atoms with van der Waals surface area (Å²) in [6, 6.07) is 0. The summed E-state index contributed by atoms with van der Waals surface area (Å²) in [6.07, 6.45) is -13.9. The SMILES string of the molecule is C=C(C(=O)OC(OCCC(F)(F)S(=O)(=O)O)(C(=O)NC)C(F)(F)F)C(F)(F)F. The number of hydrogen-bond donors (Lipinski definition) is 2. The summed E-state index contributed by atoms with van der Waals surface area (Å²) in [5.74, 6) is -10.1. The van der Waals surface area contributed by atoms with Crippen molar-refractivity contribution in [1.82, 2.24) is 5.32 Å². The number of halogens is 8. The van der Waals surface area contributed by atoms with Gasteiger partial charge in [-0.25, -0.2) is 4.79 Å². The predicted molar refractivity (Wildman–Crippen MR) is 71.2 cm³/mol. The van der Waals surface area contributed by atoms with Crippen LogP contribution in [0.2, 0.25) is 0 Å². The average molecular weight is 453 g/mol. The molecule has 0 aliphatic rings. The zero-order chi connectivity index (χ0) is 22.8. The summed E-state index contributed by atoms with van der Waals surface area (Å²) in [6.45, 7) is 0.134. The molecule has 0 heterocycles. The van der Waals surface area contributed by atoms with Crippen molar-refractivity contribution in [2.75, 3.05) is 13.7 Å². The lowest BCUT2D eigenvalue weighted by Gasteiger charge is -2.33. The number of likely N-dealkylation sites (N-methyl/N-ethyl adjacent to an activating group) is 1. The van der Waals surface area contributed by atoms with E-state index in [-0.39, 0.29) is 0 Å². The minimum atomic E-state index is -6.11. The first-order valence-corrected chi connectivity index (χ1v) is 7.94. The van der Waals surface area contributed by atoms with Gasteiger partial charge in [-0.15, -0.1) is 0 Å². The summed E-state index contributed by atoms with van der Waals surface area (Å²) in [4.78, 5) is 22.8. The number of alkyl halides is 8. The lowest BCUT2D eigenvalue weighted by molar-refractivity contribution is -0.348. The Kier molecular flexibility index (Phi) is 7.57. The van der Waals surface area contributed by atoms with Crippen molar-refractivity contribution < 1.29 is 67.2 Å². The van der Waals surface area contributed by atoms with E-state index in [4.69, 9.17) is 4.55 Å². The van der Waals surface area contributed by atoms with Crippen LogP contribution in [0.1, 0.15) is 6.42 Å². The Morgan fingerprint density at radius 2 is 1.54 bits per heavy atom. The van der Waals surface area contributed by atoms with Gasteiger partial charge in [0.1, 0.15) is 5.57 Å². The van der Waals surface area contributed by atoms with E-state index in [1.54, 1.807) is 0 Å². The maximum atomic E-state index is 13.3. The second kappa shape index (κ2) is 8.16. The Labute approximate surface area is 151 Å². The molecular weight excluding hydrogens is 442 g/mol. The number of carbonyl (C=O) groups is 2. The Morgan fingerprint density at radius 1 is 1.07 bits per heavy atom. The van der Waals surface area contributed by atoms with Gasteiger partial charge in [-0.05, 0) is 0 Å². The second-order valence-electron chi connectivity index (χ2n) is 4.77. The fourth-order valence-electron chi connectivity index (χ4n) is 1.32. The van der Waals surface area contributed by atoms with Crippen molar-refractivity contribution >= 4 is 22.0 Å². The molecule has 2 N–H and O–H groups in total. The highest BCUT2D eigenvalue weighted by atomic mass is 32.2. The second-order valence-corrected chi connectivity index (χ2v) is 6.32. The van der Waals surface area contributed by atoms with Crippen LogP contribution in [0.5, 0.6) is 0 Å². The van der Waals surface area contributed by atoms with Gasteiger partial charge < -0.3 is 14.8 Å². The number of rotatable bonds is 8. The standard InChI is InChI=1S/C11H11F8NO7S/c1-5(10(14,15)16)6(21)27-9(7(22)20-2,11(17,18)19)26-4-3-8(12,13)28(23,24)25/h1,3-4H2,2H3,(H,20,22)(H,23,24,25). The molecule has 0 bridgehead atoms. The van der Waals surface area contributed by atoms with E-state index in [0.717, 1.165) is 0 Å². The zero-order valence-electron chi connectivity index (χ0n) is 13.4. The van der Waals surface area contributed by atoms with E-state index in [2.05, 4.69) is 16.1 Å². The maximum absolute atomic E-state index is 13.3. The van der Waals surface area contributed by atoms with Crippen molar-refractivity contribution in [3.63, 3.8) is 0 Å². The molecule has 0 aromatic rings. The molecule has 0 aliphatic heterocycles. The van der Waals surface area contributed by atoms with Crippen LogP contribution >= 0.6 is 0 Å². The fraction of sp³-hybridized carbons (Fsp3) is 0.636. The van der Waals surface area contributed by atoms with Gasteiger partial charge in [0.2, 0.25) is 0 Å². The normalized spacial score (nSPS) is 15.5. The number of ether oxygens (including phenoxy) is 2. The van der Waals surface area contributed by atoms with Gasteiger partial charge in [-0.1, -0.05) is 6.58 Å². The van der Waals surface area contributed by atoms with E-state index < -0.39 is 64.0 Å². The molecule has 0 spiro atoms. The van der Waals surface area contributed by atoms with Crippen molar-refractivity contribution in [3.8, 4) is 0 Å². The topological polar surface area (TPSA) is 119 Å². The van der Waals surface area contributed by atoms with E-state index in [1.807, 2.05) is 0 Å². The van der Waals surface area contributed by atoms with Gasteiger partial charge in [-0.3, -0.25) is 9.35 Å². The van der Waals surface area contributed by atoms with Crippen LogP contribution in [-0.2, 0) is 29.2 Å². The molecular formula is C11H11F8NO7S. The Balaban J connectivity index is 5.92. The summed E-state index contributed by atoms with van der Waals surface area (Å²) in [7, 11) is -5.60. The summed E-state index contributed by atoms with van der Waals surface area (Å²) >= 11 is 0. The largest absolute Gasteiger partial charge is 0.466 e. The molecule has 164 valence electrons. The monoisotopic (exact) mass is 453 g/mol. The van der Waals surface area contributed by atoms with Crippen LogP contribution in [0.4, 0.5) is 35.1 Å². The molecule has 1 atom stereocenters. The third-order valence-corrected chi connectivity index (χ3v) is 3.76. The minimum Gasteiger partial charge on any atom is -0.412 e. The average Bonchev–Trinajstić information content (AvgIpc) is 2.48. The summed E-state index contributed by atoms with van der Waals surface area (Å²) < 4.78 is 139. The Morgan fingerprint density at radius 3 is 1.86 bits per heavy atom. The highest BCUT2D eigenvalue weighted by molar-refractivity contribution is 7.86. The van der Waals surface area contributed by atoms with Crippen LogP contribution in [0, 0.1) is 0 Å². The number of carbonyl (C=O) groups excluding carboxylic acids is 2. The van der Waals surface area contributed by atoms with Crippen LogP contribution in [0.15, 0.2) is 12.2 Å². The third kappa shape index (κ3) is 5.74. The van der Waals surface area contributed by atoms with Crippen LogP contribution in [0.25, 0.3) is 0 Å².